The third-order valence-electron chi connectivity index (χ3n) is 2.46. The molecule has 0 amide bonds. The summed E-state index contributed by atoms with van der Waals surface area (Å²) in [7, 11) is 0. The van der Waals surface area contributed by atoms with Crippen molar-refractivity contribution in [3.63, 3.8) is 0 Å². The van der Waals surface area contributed by atoms with Crippen LogP contribution in [0.5, 0.6) is 0 Å². The van der Waals surface area contributed by atoms with Crippen LogP contribution in [0.15, 0.2) is 30.4 Å². The van der Waals surface area contributed by atoms with Crippen molar-refractivity contribution >= 4 is 23.2 Å². The molecule has 0 saturated heterocycles. The third kappa shape index (κ3) is 5.58. The van der Waals surface area contributed by atoms with E-state index in [0.717, 1.165) is 41.5 Å². The highest BCUT2D eigenvalue weighted by molar-refractivity contribution is 6.36. The van der Waals surface area contributed by atoms with E-state index in [2.05, 4.69) is 24.4 Å². The van der Waals surface area contributed by atoms with Gasteiger partial charge in [-0.25, -0.2) is 0 Å². The van der Waals surface area contributed by atoms with E-state index >= 15 is 0 Å². The van der Waals surface area contributed by atoms with Gasteiger partial charge in [0.2, 0.25) is 0 Å². The average molecular weight is 272 g/mol. The topological polar surface area (TPSA) is 12.0 Å². The van der Waals surface area contributed by atoms with Crippen molar-refractivity contribution < 1.29 is 0 Å². The Hall–Kier alpha value is -0.500. The molecule has 0 saturated carbocycles. The molecular formula is C14H19Cl2N. The van der Waals surface area contributed by atoms with E-state index in [1.54, 1.807) is 0 Å². The average Bonchev–Trinajstić information content (AvgIpc) is 2.31. The fraction of sp³-hybridized carbons (Fsp3) is 0.429. The molecule has 0 spiro atoms. The van der Waals surface area contributed by atoms with Crippen LogP contribution >= 0.6 is 23.2 Å². The van der Waals surface area contributed by atoms with Gasteiger partial charge in [-0.2, -0.15) is 0 Å². The molecule has 1 rings (SSSR count). The largest absolute Gasteiger partial charge is 0.316 e. The zero-order valence-corrected chi connectivity index (χ0v) is 11.7. The second kappa shape index (κ2) is 8.57. The number of halogens is 2. The lowest BCUT2D eigenvalue weighted by atomic mass is 10.1. The van der Waals surface area contributed by atoms with Crippen molar-refractivity contribution in [2.75, 3.05) is 13.1 Å². The molecule has 3 heteroatoms. The number of hydrogen-bond acceptors (Lipinski definition) is 1. The fourth-order valence-electron chi connectivity index (χ4n) is 1.53. The first-order chi connectivity index (χ1) is 8.25. The van der Waals surface area contributed by atoms with Crippen LogP contribution in [0.2, 0.25) is 10.0 Å². The van der Waals surface area contributed by atoms with E-state index in [4.69, 9.17) is 23.2 Å². The molecule has 0 radical (unpaired) electrons. The first kappa shape index (κ1) is 14.6. The van der Waals surface area contributed by atoms with Crippen molar-refractivity contribution in [1.82, 2.24) is 5.32 Å². The van der Waals surface area contributed by atoms with Crippen LogP contribution in [0, 0.1) is 0 Å². The highest BCUT2D eigenvalue weighted by Gasteiger charge is 2.02. The van der Waals surface area contributed by atoms with Gasteiger partial charge in [-0.3, -0.25) is 0 Å². The molecule has 0 heterocycles. The van der Waals surface area contributed by atoms with Crippen molar-refractivity contribution in [2.24, 2.45) is 0 Å². The summed E-state index contributed by atoms with van der Waals surface area (Å²) in [4.78, 5) is 0. The molecule has 0 bridgehead atoms. The van der Waals surface area contributed by atoms with E-state index in [1.807, 2.05) is 18.2 Å². The zero-order valence-electron chi connectivity index (χ0n) is 10.2. The molecule has 1 N–H and O–H groups in total. The van der Waals surface area contributed by atoms with Crippen molar-refractivity contribution in [3.05, 3.63) is 46.0 Å². The fourth-order valence-corrected chi connectivity index (χ4v) is 2.09. The predicted molar refractivity (Wildman–Crippen MR) is 77.1 cm³/mol. The van der Waals surface area contributed by atoms with Gasteiger partial charge in [-0.1, -0.05) is 48.3 Å². The maximum atomic E-state index is 6.08. The minimum absolute atomic E-state index is 0.742. The maximum Gasteiger partial charge on any atom is 0.0456 e. The van der Waals surface area contributed by atoms with Gasteiger partial charge in [0.1, 0.15) is 0 Å². The molecule has 0 atom stereocenters. The molecule has 0 fully saturated rings. The van der Waals surface area contributed by atoms with Crippen LogP contribution in [0.1, 0.15) is 25.3 Å². The molecular weight excluding hydrogens is 253 g/mol. The first-order valence-electron chi connectivity index (χ1n) is 6.04. The number of nitrogens with one attached hydrogen (secondary N) is 1. The van der Waals surface area contributed by atoms with Gasteiger partial charge in [-0.05, 0) is 50.0 Å². The lowest BCUT2D eigenvalue weighted by Crippen LogP contribution is -2.14. The SMILES string of the molecule is CCCNCCC=CCc1c(Cl)cccc1Cl. The van der Waals surface area contributed by atoms with Gasteiger partial charge in [0.15, 0.2) is 0 Å². The van der Waals surface area contributed by atoms with Crippen LogP contribution in [0.3, 0.4) is 0 Å². The Balaban J connectivity index is 2.32. The normalized spacial score (nSPS) is 11.2. The van der Waals surface area contributed by atoms with Gasteiger partial charge in [0.25, 0.3) is 0 Å². The Morgan fingerprint density at radius 1 is 1.12 bits per heavy atom. The number of rotatable bonds is 7. The van der Waals surface area contributed by atoms with Crippen LogP contribution < -0.4 is 5.32 Å². The van der Waals surface area contributed by atoms with E-state index in [9.17, 15) is 0 Å². The van der Waals surface area contributed by atoms with Gasteiger partial charge >= 0.3 is 0 Å². The molecule has 94 valence electrons. The Kier molecular flexibility index (Phi) is 7.34. The molecule has 1 aromatic carbocycles. The smallest absolute Gasteiger partial charge is 0.0456 e. The summed E-state index contributed by atoms with van der Waals surface area (Å²) in [6.45, 7) is 4.28. The van der Waals surface area contributed by atoms with Gasteiger partial charge in [-0.15, -0.1) is 0 Å². The number of allylic oxidation sites excluding steroid dienone is 1. The third-order valence-corrected chi connectivity index (χ3v) is 3.17. The Morgan fingerprint density at radius 2 is 1.82 bits per heavy atom. The number of benzene rings is 1. The van der Waals surface area contributed by atoms with Gasteiger partial charge in [0.05, 0.1) is 0 Å². The standard InChI is InChI=1S/C14H19Cl2N/c1-2-10-17-11-5-3-4-7-12-13(15)8-6-9-14(12)16/h3-4,6,8-9,17H,2,5,7,10-11H2,1H3. The molecule has 0 unspecified atom stereocenters. The van der Waals surface area contributed by atoms with E-state index in [0.29, 0.717) is 0 Å². The number of hydrogen-bond donors (Lipinski definition) is 1. The molecule has 1 nitrogen and oxygen atoms in total. The quantitative estimate of drug-likeness (QED) is 0.570. The van der Waals surface area contributed by atoms with Crippen molar-refractivity contribution in [1.29, 1.82) is 0 Å². The summed E-state index contributed by atoms with van der Waals surface area (Å²) in [5.74, 6) is 0. The molecule has 17 heavy (non-hydrogen) atoms. The lowest BCUT2D eigenvalue weighted by Gasteiger charge is -2.03. The minimum atomic E-state index is 0.742. The van der Waals surface area contributed by atoms with Crippen LogP contribution in [0.4, 0.5) is 0 Å². The lowest BCUT2D eigenvalue weighted by molar-refractivity contribution is 0.678. The van der Waals surface area contributed by atoms with E-state index in [1.165, 1.54) is 6.42 Å². The second-order valence-corrected chi connectivity index (χ2v) is 4.73. The first-order valence-corrected chi connectivity index (χ1v) is 6.80. The summed E-state index contributed by atoms with van der Waals surface area (Å²) in [5, 5.41) is 4.84. The Labute approximate surface area is 114 Å². The van der Waals surface area contributed by atoms with E-state index < -0.39 is 0 Å². The summed E-state index contributed by atoms with van der Waals surface area (Å²) in [6.07, 6.45) is 7.32. The van der Waals surface area contributed by atoms with Gasteiger partial charge in [0, 0.05) is 10.0 Å². The molecule has 1 aromatic rings. The highest BCUT2D eigenvalue weighted by Crippen LogP contribution is 2.24. The Bertz CT molecular complexity index is 341. The monoisotopic (exact) mass is 271 g/mol. The molecule has 0 aliphatic rings. The summed E-state index contributed by atoms with van der Waals surface area (Å²) < 4.78 is 0. The van der Waals surface area contributed by atoms with Crippen LogP contribution in [-0.4, -0.2) is 13.1 Å². The van der Waals surface area contributed by atoms with E-state index in [-0.39, 0.29) is 0 Å². The zero-order chi connectivity index (χ0) is 12.5. The summed E-state index contributed by atoms with van der Waals surface area (Å²) >= 11 is 12.2. The van der Waals surface area contributed by atoms with Crippen LogP contribution in [-0.2, 0) is 6.42 Å². The molecule has 0 aliphatic heterocycles. The summed E-state index contributed by atoms with van der Waals surface area (Å²) in [5.41, 5.74) is 1.01. The Morgan fingerprint density at radius 3 is 2.47 bits per heavy atom. The molecule has 0 aliphatic carbocycles. The van der Waals surface area contributed by atoms with Crippen LogP contribution in [0.25, 0.3) is 0 Å². The minimum Gasteiger partial charge on any atom is -0.316 e. The van der Waals surface area contributed by atoms with Gasteiger partial charge < -0.3 is 5.32 Å². The molecule has 0 aromatic heterocycles. The predicted octanol–water partition coefficient (Wildman–Crippen LogP) is 4.48. The second-order valence-electron chi connectivity index (χ2n) is 3.91. The van der Waals surface area contributed by atoms with Crippen molar-refractivity contribution in [3.8, 4) is 0 Å². The summed E-state index contributed by atoms with van der Waals surface area (Å²) in [6, 6.07) is 5.62. The van der Waals surface area contributed by atoms with Crippen molar-refractivity contribution in [2.45, 2.75) is 26.2 Å². The maximum absolute atomic E-state index is 6.08. The highest BCUT2D eigenvalue weighted by atomic mass is 35.5.